The predicted molar refractivity (Wildman–Crippen MR) is 112 cm³/mol. The first kappa shape index (κ1) is 22.2. The Morgan fingerprint density at radius 2 is 1.82 bits per heavy atom. The minimum atomic E-state index is -0.655. The van der Waals surface area contributed by atoms with Gasteiger partial charge in [-0.1, -0.05) is 0 Å². The Bertz CT molecular complexity index is 917. The molecule has 0 bridgehead atoms. The number of rotatable bonds is 4. The normalized spacial score (nSPS) is 20.3. The number of halogens is 1. The Labute approximate surface area is 171 Å². The zero-order chi connectivity index (χ0) is 19.7. The van der Waals surface area contributed by atoms with Gasteiger partial charge in [-0.15, -0.1) is 12.4 Å². The standard InChI is InChI=1S/C21H28N2O4.ClH/c1-11-9-17(19-12(2)13(3)21(25)27-18(19)10-11)26-14(4)20(24)23-16-7-5-15(22)6-8-16;/h9-10,14-16H,5-8,22H2,1-4H3,(H,23,24);1H. The van der Waals surface area contributed by atoms with Gasteiger partial charge in [0.1, 0.15) is 11.3 Å². The van der Waals surface area contributed by atoms with Crippen LogP contribution in [0.5, 0.6) is 5.75 Å². The van der Waals surface area contributed by atoms with Crippen LogP contribution in [0.25, 0.3) is 11.0 Å². The monoisotopic (exact) mass is 408 g/mol. The zero-order valence-electron chi connectivity index (χ0n) is 16.8. The average molecular weight is 409 g/mol. The van der Waals surface area contributed by atoms with Gasteiger partial charge in [0, 0.05) is 17.6 Å². The van der Waals surface area contributed by atoms with E-state index in [4.69, 9.17) is 14.9 Å². The highest BCUT2D eigenvalue weighted by Gasteiger charge is 2.24. The van der Waals surface area contributed by atoms with Crippen molar-refractivity contribution < 1.29 is 13.9 Å². The van der Waals surface area contributed by atoms with Gasteiger partial charge in [0.2, 0.25) is 0 Å². The number of ether oxygens (including phenoxy) is 1. The van der Waals surface area contributed by atoms with E-state index in [2.05, 4.69) is 5.32 Å². The van der Waals surface area contributed by atoms with Crippen LogP contribution in [0.2, 0.25) is 0 Å². The third kappa shape index (κ3) is 4.67. The molecule has 0 saturated heterocycles. The van der Waals surface area contributed by atoms with Gasteiger partial charge in [0.15, 0.2) is 6.10 Å². The summed E-state index contributed by atoms with van der Waals surface area (Å²) in [6, 6.07) is 4.08. The van der Waals surface area contributed by atoms with E-state index in [1.54, 1.807) is 13.8 Å². The minimum Gasteiger partial charge on any atom is -0.480 e. The number of amides is 1. The maximum atomic E-state index is 12.6. The number of hydrogen-bond donors (Lipinski definition) is 2. The summed E-state index contributed by atoms with van der Waals surface area (Å²) >= 11 is 0. The predicted octanol–water partition coefficient (Wildman–Crippen LogP) is 3.29. The van der Waals surface area contributed by atoms with Crippen LogP contribution in [0, 0.1) is 20.8 Å². The smallest absolute Gasteiger partial charge is 0.339 e. The molecule has 1 atom stereocenters. The molecule has 0 radical (unpaired) electrons. The topological polar surface area (TPSA) is 94.6 Å². The number of hydrogen-bond acceptors (Lipinski definition) is 5. The molecule has 1 fully saturated rings. The van der Waals surface area contributed by atoms with Crippen LogP contribution in [0.1, 0.15) is 49.3 Å². The molecule has 7 heteroatoms. The molecule has 28 heavy (non-hydrogen) atoms. The van der Waals surface area contributed by atoms with E-state index in [-0.39, 0.29) is 36.0 Å². The highest BCUT2D eigenvalue weighted by atomic mass is 35.5. The molecule has 1 aliphatic rings. The first-order chi connectivity index (χ1) is 12.8. The summed E-state index contributed by atoms with van der Waals surface area (Å²) in [5, 5.41) is 3.80. The lowest BCUT2D eigenvalue weighted by Gasteiger charge is -2.28. The molecule has 1 aliphatic carbocycles. The van der Waals surface area contributed by atoms with E-state index in [0.717, 1.165) is 42.2 Å². The van der Waals surface area contributed by atoms with Crippen LogP contribution in [-0.4, -0.2) is 24.1 Å². The molecule has 1 saturated carbocycles. The Morgan fingerprint density at radius 3 is 2.46 bits per heavy atom. The number of nitrogens with two attached hydrogens (primary N) is 1. The summed E-state index contributed by atoms with van der Waals surface area (Å²) in [6.07, 6.45) is 3.00. The van der Waals surface area contributed by atoms with E-state index in [0.29, 0.717) is 16.9 Å². The SMILES string of the molecule is Cc1cc(OC(C)C(=O)NC2CCC(N)CC2)c2c(C)c(C)c(=O)oc2c1.Cl. The Hall–Kier alpha value is -2.05. The molecule has 1 aromatic heterocycles. The lowest BCUT2D eigenvalue weighted by Crippen LogP contribution is -2.45. The van der Waals surface area contributed by atoms with Gasteiger partial charge in [-0.2, -0.15) is 0 Å². The maximum Gasteiger partial charge on any atom is 0.339 e. The summed E-state index contributed by atoms with van der Waals surface area (Å²) in [5.41, 5.74) is 8.31. The number of benzene rings is 1. The molecule has 3 rings (SSSR count). The van der Waals surface area contributed by atoms with Gasteiger partial charge >= 0.3 is 5.63 Å². The summed E-state index contributed by atoms with van der Waals surface area (Å²) in [6.45, 7) is 7.23. The molecule has 1 aromatic carbocycles. The summed E-state index contributed by atoms with van der Waals surface area (Å²) in [4.78, 5) is 24.6. The minimum absolute atomic E-state index is 0. The van der Waals surface area contributed by atoms with E-state index in [1.165, 1.54) is 0 Å². The quantitative estimate of drug-likeness (QED) is 0.757. The molecular formula is C21H29ClN2O4. The third-order valence-corrected chi connectivity index (χ3v) is 5.45. The Kier molecular flexibility index (Phi) is 7.12. The number of nitrogens with one attached hydrogen (secondary N) is 1. The lowest BCUT2D eigenvalue weighted by molar-refractivity contribution is -0.128. The molecule has 0 aliphatic heterocycles. The van der Waals surface area contributed by atoms with Crippen LogP contribution in [0.4, 0.5) is 0 Å². The molecule has 1 amide bonds. The second-order valence-corrected chi connectivity index (χ2v) is 7.66. The van der Waals surface area contributed by atoms with Gasteiger partial charge in [-0.05, 0) is 76.6 Å². The van der Waals surface area contributed by atoms with Gasteiger partial charge in [-0.3, -0.25) is 4.79 Å². The summed E-state index contributed by atoms with van der Waals surface area (Å²) < 4.78 is 11.4. The summed E-state index contributed by atoms with van der Waals surface area (Å²) in [5.74, 6) is 0.416. The average Bonchev–Trinajstić information content (AvgIpc) is 2.61. The van der Waals surface area contributed by atoms with Crippen molar-refractivity contribution in [2.24, 2.45) is 5.73 Å². The van der Waals surface area contributed by atoms with Gasteiger partial charge in [0.25, 0.3) is 5.91 Å². The first-order valence-corrected chi connectivity index (χ1v) is 9.53. The molecule has 154 valence electrons. The van der Waals surface area contributed by atoms with Gasteiger partial charge in [0.05, 0.1) is 5.39 Å². The fourth-order valence-corrected chi connectivity index (χ4v) is 3.61. The fourth-order valence-electron chi connectivity index (χ4n) is 3.61. The Morgan fingerprint density at radius 1 is 1.18 bits per heavy atom. The van der Waals surface area contributed by atoms with Crippen LogP contribution in [0.3, 0.4) is 0 Å². The van der Waals surface area contributed by atoms with Crippen LogP contribution >= 0.6 is 12.4 Å². The number of fused-ring (bicyclic) bond motifs is 1. The van der Waals surface area contributed by atoms with Crippen molar-refractivity contribution in [3.05, 3.63) is 39.2 Å². The van der Waals surface area contributed by atoms with E-state index < -0.39 is 6.10 Å². The summed E-state index contributed by atoms with van der Waals surface area (Å²) in [7, 11) is 0. The van der Waals surface area contributed by atoms with Crippen molar-refractivity contribution >= 4 is 29.3 Å². The molecule has 3 N–H and O–H groups in total. The fraction of sp³-hybridized carbons (Fsp3) is 0.524. The zero-order valence-corrected chi connectivity index (χ0v) is 17.7. The molecule has 1 heterocycles. The Balaban J connectivity index is 0.00000280. The van der Waals surface area contributed by atoms with Crippen molar-refractivity contribution in [2.75, 3.05) is 0 Å². The second-order valence-electron chi connectivity index (χ2n) is 7.66. The maximum absolute atomic E-state index is 12.6. The van der Waals surface area contributed by atoms with Crippen LogP contribution in [0.15, 0.2) is 21.3 Å². The highest BCUT2D eigenvalue weighted by Crippen LogP contribution is 2.31. The first-order valence-electron chi connectivity index (χ1n) is 9.53. The van der Waals surface area contributed by atoms with Crippen molar-refractivity contribution in [1.29, 1.82) is 0 Å². The third-order valence-electron chi connectivity index (χ3n) is 5.45. The molecule has 1 unspecified atom stereocenters. The number of aryl methyl sites for hydroxylation is 2. The molecule has 2 aromatic rings. The largest absolute Gasteiger partial charge is 0.480 e. The van der Waals surface area contributed by atoms with Crippen molar-refractivity contribution in [1.82, 2.24) is 5.32 Å². The number of carbonyl (C=O) groups excluding carboxylic acids is 1. The highest BCUT2D eigenvalue weighted by molar-refractivity contribution is 5.89. The van der Waals surface area contributed by atoms with E-state index in [9.17, 15) is 9.59 Å². The van der Waals surface area contributed by atoms with Gasteiger partial charge in [-0.25, -0.2) is 4.79 Å². The van der Waals surface area contributed by atoms with E-state index >= 15 is 0 Å². The van der Waals surface area contributed by atoms with Crippen LogP contribution < -0.4 is 21.4 Å². The van der Waals surface area contributed by atoms with E-state index in [1.807, 2.05) is 26.0 Å². The molecule has 0 spiro atoms. The van der Waals surface area contributed by atoms with Crippen molar-refractivity contribution in [3.63, 3.8) is 0 Å². The molecule has 6 nitrogen and oxygen atoms in total. The number of carbonyl (C=O) groups is 1. The second kappa shape index (κ2) is 8.97. The van der Waals surface area contributed by atoms with Gasteiger partial charge < -0.3 is 20.2 Å². The van der Waals surface area contributed by atoms with Crippen molar-refractivity contribution in [2.45, 2.75) is 71.6 Å². The van der Waals surface area contributed by atoms with Crippen LogP contribution in [-0.2, 0) is 4.79 Å². The van der Waals surface area contributed by atoms with Crippen molar-refractivity contribution in [3.8, 4) is 5.75 Å². The lowest BCUT2D eigenvalue weighted by atomic mass is 9.92. The molecular weight excluding hydrogens is 380 g/mol.